The van der Waals surface area contributed by atoms with Crippen molar-refractivity contribution in [3.05, 3.63) is 55.2 Å². The van der Waals surface area contributed by atoms with Gasteiger partial charge < -0.3 is 4.90 Å². The first-order chi connectivity index (χ1) is 12.5. The van der Waals surface area contributed by atoms with Gasteiger partial charge in [0.2, 0.25) is 0 Å². The van der Waals surface area contributed by atoms with Gasteiger partial charge >= 0.3 is 0 Å². The van der Waals surface area contributed by atoms with Crippen LogP contribution in [0.5, 0.6) is 0 Å². The minimum atomic E-state index is -0.427. The van der Waals surface area contributed by atoms with E-state index in [0.717, 1.165) is 34.5 Å². The number of thiophene rings is 1. The maximum Gasteiger partial charge on any atom is 0.283 e. The molecule has 0 bridgehead atoms. The fourth-order valence-corrected chi connectivity index (χ4v) is 5.42. The van der Waals surface area contributed by atoms with E-state index in [2.05, 4.69) is 0 Å². The smallest absolute Gasteiger partial charge is 0.283 e. The zero-order chi connectivity index (χ0) is 18.3. The lowest BCUT2D eigenvalue weighted by Crippen LogP contribution is -2.38. The maximum absolute atomic E-state index is 13.1. The van der Waals surface area contributed by atoms with Gasteiger partial charge in [-0.25, -0.2) is 4.98 Å². The summed E-state index contributed by atoms with van der Waals surface area (Å²) in [6.07, 6.45) is 2.87. The van der Waals surface area contributed by atoms with E-state index in [9.17, 15) is 14.9 Å². The second kappa shape index (κ2) is 6.77. The van der Waals surface area contributed by atoms with E-state index in [-0.39, 0.29) is 17.6 Å². The second-order valence-electron chi connectivity index (χ2n) is 6.34. The summed E-state index contributed by atoms with van der Waals surface area (Å²) in [5.74, 6) is -0.129. The Morgan fingerprint density at radius 2 is 2.12 bits per heavy atom. The lowest BCUT2D eigenvalue weighted by molar-refractivity contribution is -0.385. The molecule has 8 heteroatoms. The summed E-state index contributed by atoms with van der Waals surface area (Å²) >= 11 is 2.82. The predicted octanol–water partition coefficient (Wildman–Crippen LogP) is 4.94. The minimum absolute atomic E-state index is 0.0203. The molecule has 0 radical (unpaired) electrons. The molecular weight excluding hydrogens is 370 g/mol. The monoisotopic (exact) mass is 387 g/mol. The fraction of sp³-hybridized carbons (Fsp3) is 0.333. The first-order valence-corrected chi connectivity index (χ1v) is 10.1. The Bertz CT molecular complexity index is 962. The summed E-state index contributed by atoms with van der Waals surface area (Å²) in [7, 11) is 0. The van der Waals surface area contributed by atoms with E-state index in [1.165, 1.54) is 17.4 Å². The lowest BCUT2D eigenvalue weighted by atomic mass is 10.0. The first kappa shape index (κ1) is 17.1. The molecule has 2 aromatic heterocycles. The van der Waals surface area contributed by atoms with Crippen LogP contribution in [0.2, 0.25) is 0 Å². The summed E-state index contributed by atoms with van der Waals surface area (Å²) in [6, 6.07) is 9.32. The largest absolute Gasteiger partial charge is 0.328 e. The molecule has 1 aliphatic rings. The number of aryl methyl sites for hydroxylation is 1. The van der Waals surface area contributed by atoms with Crippen molar-refractivity contribution in [3.8, 4) is 0 Å². The number of piperidine rings is 1. The van der Waals surface area contributed by atoms with Crippen LogP contribution in [-0.4, -0.2) is 27.3 Å². The molecule has 0 aliphatic carbocycles. The number of carbonyl (C=O) groups is 1. The number of nitro groups is 1. The van der Waals surface area contributed by atoms with E-state index in [0.29, 0.717) is 16.3 Å². The number of nitrogens with zero attached hydrogens (tertiary/aromatic N) is 3. The summed E-state index contributed by atoms with van der Waals surface area (Å²) in [5.41, 5.74) is 0.972. The molecule has 3 heterocycles. The third-order valence-electron chi connectivity index (χ3n) is 4.66. The fourth-order valence-electron chi connectivity index (χ4n) is 3.36. The molecule has 1 amide bonds. The van der Waals surface area contributed by atoms with Crippen LogP contribution in [0.1, 0.15) is 44.9 Å². The SMILES string of the molecule is Cc1sc(C(=O)N2CCCCC2c2nc3ccccc3s2)cc1[N+](=O)[O-]. The molecule has 26 heavy (non-hydrogen) atoms. The van der Waals surface area contributed by atoms with E-state index in [1.807, 2.05) is 29.2 Å². The number of benzene rings is 1. The number of para-hydroxylation sites is 1. The van der Waals surface area contributed by atoms with Crippen LogP contribution in [0.25, 0.3) is 10.2 Å². The number of thiazole rings is 1. The number of carbonyl (C=O) groups excluding carboxylic acids is 1. The molecule has 0 spiro atoms. The van der Waals surface area contributed by atoms with Crippen LogP contribution < -0.4 is 0 Å². The first-order valence-electron chi connectivity index (χ1n) is 8.46. The highest BCUT2D eigenvalue weighted by Crippen LogP contribution is 2.38. The molecular formula is C18H17N3O3S2. The van der Waals surface area contributed by atoms with Crippen LogP contribution >= 0.6 is 22.7 Å². The molecule has 6 nitrogen and oxygen atoms in total. The van der Waals surface area contributed by atoms with Gasteiger partial charge in [0.05, 0.1) is 30.9 Å². The normalized spacial score (nSPS) is 17.6. The van der Waals surface area contributed by atoms with Crippen molar-refractivity contribution in [1.29, 1.82) is 0 Å². The summed E-state index contributed by atoms with van der Waals surface area (Å²) in [4.78, 5) is 31.3. The van der Waals surface area contributed by atoms with Crippen molar-refractivity contribution in [2.75, 3.05) is 6.54 Å². The highest BCUT2D eigenvalue weighted by atomic mass is 32.1. The quantitative estimate of drug-likeness (QED) is 0.471. The second-order valence-corrected chi connectivity index (χ2v) is 8.66. The van der Waals surface area contributed by atoms with Crippen LogP contribution in [0.15, 0.2) is 30.3 Å². The third-order valence-corrected chi connectivity index (χ3v) is 6.82. The molecule has 4 rings (SSSR count). The van der Waals surface area contributed by atoms with Crippen molar-refractivity contribution in [2.45, 2.75) is 32.2 Å². The van der Waals surface area contributed by atoms with Crippen LogP contribution in [0.4, 0.5) is 5.69 Å². The van der Waals surface area contributed by atoms with Gasteiger partial charge in [-0.3, -0.25) is 14.9 Å². The van der Waals surface area contributed by atoms with Gasteiger partial charge in [-0.15, -0.1) is 22.7 Å². The Kier molecular flexibility index (Phi) is 4.46. The average Bonchev–Trinajstić information content (AvgIpc) is 3.24. The number of rotatable bonds is 3. The van der Waals surface area contributed by atoms with E-state index < -0.39 is 4.92 Å². The Labute approximate surface area is 158 Å². The van der Waals surface area contributed by atoms with Crippen LogP contribution in [-0.2, 0) is 0 Å². The Hall–Kier alpha value is -2.32. The van der Waals surface area contributed by atoms with Crippen LogP contribution in [0, 0.1) is 17.0 Å². The third kappa shape index (κ3) is 2.99. The van der Waals surface area contributed by atoms with Gasteiger partial charge in [0.1, 0.15) is 5.01 Å². The van der Waals surface area contributed by atoms with Gasteiger partial charge in [0.15, 0.2) is 0 Å². The van der Waals surface area contributed by atoms with Crippen molar-refractivity contribution < 1.29 is 9.72 Å². The predicted molar refractivity (Wildman–Crippen MR) is 103 cm³/mol. The molecule has 3 aromatic rings. The minimum Gasteiger partial charge on any atom is -0.328 e. The molecule has 1 unspecified atom stereocenters. The molecule has 1 fully saturated rings. The van der Waals surface area contributed by atoms with E-state index in [1.54, 1.807) is 18.3 Å². The summed E-state index contributed by atoms with van der Waals surface area (Å²) < 4.78 is 1.11. The van der Waals surface area contributed by atoms with Crippen molar-refractivity contribution in [3.63, 3.8) is 0 Å². The molecule has 1 aliphatic heterocycles. The highest BCUT2D eigenvalue weighted by molar-refractivity contribution is 7.18. The van der Waals surface area contributed by atoms with Gasteiger partial charge in [0, 0.05) is 12.6 Å². The maximum atomic E-state index is 13.1. The number of hydrogen-bond donors (Lipinski definition) is 0. The van der Waals surface area contributed by atoms with Crippen molar-refractivity contribution >= 4 is 44.5 Å². The number of fused-ring (bicyclic) bond motifs is 1. The molecule has 0 saturated carbocycles. The topological polar surface area (TPSA) is 76.3 Å². The Balaban J connectivity index is 1.67. The Morgan fingerprint density at radius 3 is 2.85 bits per heavy atom. The Morgan fingerprint density at radius 1 is 1.31 bits per heavy atom. The molecule has 1 atom stereocenters. The molecule has 0 N–H and O–H groups in total. The highest BCUT2D eigenvalue weighted by Gasteiger charge is 2.32. The molecule has 134 valence electrons. The number of likely N-dealkylation sites (tertiary alicyclic amines) is 1. The number of aromatic nitrogens is 1. The summed E-state index contributed by atoms with van der Waals surface area (Å²) in [6.45, 7) is 2.34. The summed E-state index contributed by atoms with van der Waals surface area (Å²) in [5, 5.41) is 12.0. The lowest BCUT2D eigenvalue weighted by Gasteiger charge is -2.34. The van der Waals surface area contributed by atoms with Crippen molar-refractivity contribution in [1.82, 2.24) is 9.88 Å². The van der Waals surface area contributed by atoms with Gasteiger partial charge in [-0.2, -0.15) is 0 Å². The standard InChI is InChI=1S/C18H17N3O3S2/c1-11-14(21(23)24)10-16(25-11)18(22)20-9-5-4-7-13(20)17-19-12-6-2-3-8-15(12)26-17/h2-3,6,8,10,13H,4-5,7,9H2,1H3. The van der Waals surface area contributed by atoms with Gasteiger partial charge in [-0.1, -0.05) is 12.1 Å². The van der Waals surface area contributed by atoms with Gasteiger partial charge in [-0.05, 0) is 38.3 Å². The van der Waals surface area contributed by atoms with Crippen molar-refractivity contribution in [2.24, 2.45) is 0 Å². The van der Waals surface area contributed by atoms with E-state index in [4.69, 9.17) is 4.98 Å². The van der Waals surface area contributed by atoms with Crippen LogP contribution in [0.3, 0.4) is 0 Å². The number of amides is 1. The molecule has 1 aromatic carbocycles. The zero-order valence-electron chi connectivity index (χ0n) is 14.2. The number of hydrogen-bond acceptors (Lipinski definition) is 6. The average molecular weight is 387 g/mol. The molecule has 1 saturated heterocycles. The van der Waals surface area contributed by atoms with Gasteiger partial charge in [0.25, 0.3) is 11.6 Å². The van der Waals surface area contributed by atoms with E-state index >= 15 is 0 Å². The zero-order valence-corrected chi connectivity index (χ0v) is 15.8.